The number of hydrogen-bond donors (Lipinski definition) is 0. The lowest BCUT2D eigenvalue weighted by Crippen LogP contribution is -2.20. The lowest BCUT2D eigenvalue weighted by molar-refractivity contribution is 0.717. The Kier molecular flexibility index (Phi) is 14.2. The van der Waals surface area contributed by atoms with E-state index in [9.17, 15) is 0 Å². The molecule has 2 aromatic heterocycles. The van der Waals surface area contributed by atoms with Gasteiger partial charge in [-0.1, -0.05) is 376 Å². The highest BCUT2D eigenvalue weighted by Gasteiger charge is 2.38. The summed E-state index contributed by atoms with van der Waals surface area (Å²) in [5, 5.41) is 5.47. The summed E-state index contributed by atoms with van der Waals surface area (Å²) in [4.78, 5) is 0. The van der Waals surface area contributed by atoms with Crippen LogP contribution in [0.25, 0.3) is 144 Å². The quantitative estimate of drug-likeness (QED) is 0.157. The van der Waals surface area contributed by atoms with Gasteiger partial charge in [0.25, 0.3) is 0 Å². The molecule has 0 unspecified atom stereocenters. The van der Waals surface area contributed by atoms with Crippen LogP contribution in [0.15, 0.2) is 376 Å². The van der Waals surface area contributed by atoms with E-state index < -0.39 is 0 Å². The summed E-state index contributed by atoms with van der Waals surface area (Å²) < 4.78 is 5.19. The topological polar surface area (TPSA) is 9.86 Å². The van der Waals surface area contributed by atoms with Crippen LogP contribution in [-0.4, -0.2) is 9.13 Å². The first-order valence-electron chi connectivity index (χ1n) is 35.8. The highest BCUT2D eigenvalue weighted by molar-refractivity contribution is 6.20. The standard InChI is InChI=1S/2C25H15N.C25H18.C25H20/c2*1-3-9-17-15(7-1)19-11-5-13-21-22-14-6-12-20-16-8-2-4-10-18(16)23(17)26(24(19)21)25(20)22;1-3-9-18(10-4-1)20-13-7-15-22-23-16-8-14-21(25(23)17-24(20)22)19-11-5-2-6-12-19;1-3-11-20(12-4-1)24-17-9-7-15-22(24)19-23-16-8-10-18-25(23)21-13-5-2-6-14-21/h2*1-14,23H;1-16H,17H2;1-18H,19H2. The monoisotopic (exact) mass is 1300 g/mol. The van der Waals surface area contributed by atoms with E-state index in [0.717, 1.165) is 12.8 Å². The lowest BCUT2D eigenvalue weighted by Gasteiger charge is -2.34. The van der Waals surface area contributed by atoms with Gasteiger partial charge in [-0.3, -0.25) is 0 Å². The van der Waals surface area contributed by atoms with Gasteiger partial charge in [0.05, 0.1) is 34.2 Å². The minimum absolute atomic E-state index is 0.257. The maximum atomic E-state index is 2.60. The van der Waals surface area contributed by atoms with Gasteiger partial charge in [-0.2, -0.15) is 0 Å². The van der Waals surface area contributed by atoms with E-state index in [-0.39, 0.29) is 12.1 Å². The Hall–Kier alpha value is -12.9. The fourth-order valence-corrected chi connectivity index (χ4v) is 17.9. The van der Waals surface area contributed by atoms with Gasteiger partial charge in [0, 0.05) is 43.8 Å². The lowest BCUT2D eigenvalue weighted by atomic mass is 9.82. The van der Waals surface area contributed by atoms with Gasteiger partial charge >= 0.3 is 0 Å². The van der Waals surface area contributed by atoms with E-state index in [4.69, 9.17) is 0 Å². The Morgan fingerprint density at radius 1 is 0.186 bits per heavy atom. The summed E-state index contributed by atoms with van der Waals surface area (Å²) in [7, 11) is 0. The zero-order valence-electron chi connectivity index (χ0n) is 56.3. The predicted molar refractivity (Wildman–Crippen MR) is 427 cm³/mol. The molecule has 0 atom stereocenters. The summed E-state index contributed by atoms with van der Waals surface area (Å²) in [5.74, 6) is 0. The minimum Gasteiger partial charge on any atom is -0.328 e. The van der Waals surface area contributed by atoms with Crippen molar-refractivity contribution in [1.82, 2.24) is 9.13 Å². The van der Waals surface area contributed by atoms with E-state index in [2.05, 4.69) is 385 Å². The van der Waals surface area contributed by atoms with Crippen LogP contribution in [0.1, 0.15) is 56.6 Å². The zero-order valence-corrected chi connectivity index (χ0v) is 56.3. The van der Waals surface area contributed by atoms with Gasteiger partial charge in [0.15, 0.2) is 0 Å². The van der Waals surface area contributed by atoms with Crippen LogP contribution in [0.3, 0.4) is 0 Å². The molecule has 16 aromatic carbocycles. The number of benzene rings is 16. The van der Waals surface area contributed by atoms with Crippen molar-refractivity contribution in [2.45, 2.75) is 24.9 Å². The molecule has 18 aromatic rings. The maximum absolute atomic E-state index is 2.60. The van der Waals surface area contributed by atoms with Crippen molar-refractivity contribution in [3.05, 3.63) is 421 Å². The number of nitrogens with zero attached hydrogens (tertiary/aromatic N) is 2. The van der Waals surface area contributed by atoms with Crippen molar-refractivity contribution in [1.29, 1.82) is 0 Å². The van der Waals surface area contributed by atoms with Crippen LogP contribution in [0, 0.1) is 0 Å². The number of aromatic nitrogens is 2. The number of fused-ring (bicyclic) bond motifs is 17. The molecule has 23 rings (SSSR count). The molecule has 0 saturated carbocycles. The molecule has 5 aliphatic rings. The first-order chi connectivity index (χ1) is 50.7. The molecule has 0 amide bonds. The largest absolute Gasteiger partial charge is 0.328 e. The fraction of sp³-hybridized carbons (Fsp3) is 0.0400. The summed E-state index contributed by atoms with van der Waals surface area (Å²) >= 11 is 0. The second-order valence-electron chi connectivity index (χ2n) is 27.5. The molecule has 4 aliphatic heterocycles. The third kappa shape index (κ3) is 9.48. The normalized spacial score (nSPS) is 12.6. The van der Waals surface area contributed by atoms with E-state index in [0.29, 0.717) is 0 Å². The van der Waals surface area contributed by atoms with Crippen LogP contribution < -0.4 is 0 Å². The van der Waals surface area contributed by atoms with Gasteiger partial charge < -0.3 is 9.13 Å². The molecule has 102 heavy (non-hydrogen) atoms. The van der Waals surface area contributed by atoms with Crippen LogP contribution in [-0.2, 0) is 12.8 Å². The maximum Gasteiger partial charge on any atom is 0.0857 e. The van der Waals surface area contributed by atoms with E-state index >= 15 is 0 Å². The van der Waals surface area contributed by atoms with Crippen molar-refractivity contribution >= 4 is 43.6 Å². The van der Waals surface area contributed by atoms with Gasteiger partial charge in [-0.25, -0.2) is 0 Å². The first kappa shape index (κ1) is 59.2. The fourth-order valence-electron chi connectivity index (χ4n) is 17.9. The summed E-state index contributed by atoms with van der Waals surface area (Å²) in [5.41, 5.74) is 40.9. The minimum atomic E-state index is 0.257. The van der Waals surface area contributed by atoms with Crippen LogP contribution >= 0.6 is 0 Å². The molecule has 0 spiro atoms. The van der Waals surface area contributed by atoms with Crippen molar-refractivity contribution in [2.24, 2.45) is 0 Å². The summed E-state index contributed by atoms with van der Waals surface area (Å²) in [6.45, 7) is 0. The molecular formula is C100H68N2. The predicted octanol–water partition coefficient (Wildman–Crippen LogP) is 26.0. The van der Waals surface area contributed by atoms with Crippen LogP contribution in [0.4, 0.5) is 0 Å². The number of hydrogen-bond acceptors (Lipinski definition) is 0. The molecule has 0 fully saturated rings. The molecule has 478 valence electrons. The molecule has 0 radical (unpaired) electrons. The molecule has 0 saturated heterocycles. The Balaban J connectivity index is 0.0000000912. The number of rotatable bonds is 6. The third-order valence-electron chi connectivity index (χ3n) is 22.1. The van der Waals surface area contributed by atoms with Gasteiger partial charge in [0.2, 0.25) is 0 Å². The average molecular weight is 1300 g/mol. The first-order valence-corrected chi connectivity index (χ1v) is 35.8. The highest BCUT2D eigenvalue weighted by Crippen LogP contribution is 2.56. The van der Waals surface area contributed by atoms with Gasteiger partial charge in [-0.05, 0) is 135 Å². The number of para-hydroxylation sites is 4. The Morgan fingerprint density at radius 3 is 0.725 bits per heavy atom. The van der Waals surface area contributed by atoms with Crippen LogP contribution in [0.5, 0.6) is 0 Å². The van der Waals surface area contributed by atoms with Gasteiger partial charge in [0.1, 0.15) is 0 Å². The molecule has 0 N–H and O–H groups in total. The third-order valence-corrected chi connectivity index (χ3v) is 22.1. The van der Waals surface area contributed by atoms with Crippen molar-refractivity contribution in [2.75, 3.05) is 0 Å². The second-order valence-corrected chi connectivity index (χ2v) is 27.5. The summed E-state index contributed by atoms with van der Waals surface area (Å²) in [6, 6.07) is 137. The Morgan fingerprint density at radius 2 is 0.412 bits per heavy atom. The van der Waals surface area contributed by atoms with E-state index in [1.54, 1.807) is 0 Å². The van der Waals surface area contributed by atoms with Crippen molar-refractivity contribution in [3.8, 4) is 100 Å². The molecule has 2 nitrogen and oxygen atoms in total. The Labute approximate surface area is 594 Å². The Bertz CT molecular complexity index is 5720. The molecular weight excluding hydrogens is 1230 g/mol. The smallest absolute Gasteiger partial charge is 0.0857 e. The van der Waals surface area contributed by atoms with E-state index in [1.807, 2.05) is 0 Å². The molecule has 1 aliphatic carbocycles. The van der Waals surface area contributed by atoms with Crippen molar-refractivity contribution < 1.29 is 0 Å². The second kappa shape index (κ2) is 24.5. The van der Waals surface area contributed by atoms with E-state index in [1.165, 1.54) is 188 Å². The molecule has 2 heteroatoms. The molecule has 0 bridgehead atoms. The molecule has 6 heterocycles. The van der Waals surface area contributed by atoms with Crippen molar-refractivity contribution in [3.63, 3.8) is 0 Å². The SMILES string of the molecule is c1ccc(-c2cccc3c2Cc2c(-c4ccccc4)cccc2-3)cc1.c1ccc(-c2ccccc2Cc2ccccc2-c2ccccc2)cc1.c1ccc2c(c1)-c1cccc3c4cccc5c4n(c13)C2c1ccccc1-5.c1ccc2c(c1)-c1cccc3c4cccc5c4n(c13)C2c1ccccc1-5. The van der Waals surface area contributed by atoms with Gasteiger partial charge in [-0.15, -0.1) is 0 Å². The zero-order chi connectivity index (χ0) is 67.2. The highest BCUT2D eigenvalue weighted by atomic mass is 15.1. The average Bonchev–Trinajstić information content (AvgIpc) is 1.52. The summed E-state index contributed by atoms with van der Waals surface area (Å²) in [6.07, 6.45) is 1.93. The van der Waals surface area contributed by atoms with Crippen LogP contribution in [0.2, 0.25) is 0 Å².